The fourth-order valence-corrected chi connectivity index (χ4v) is 6.02. The molecule has 1 aliphatic carbocycles. The number of carbonyl (C=O) groups is 1. The number of aromatic nitrogens is 1. The molecule has 0 spiro atoms. The largest absolute Gasteiger partial charge is 0.477 e. The van der Waals surface area contributed by atoms with E-state index in [0.29, 0.717) is 11.3 Å². The Morgan fingerprint density at radius 2 is 1.94 bits per heavy atom. The summed E-state index contributed by atoms with van der Waals surface area (Å²) >= 11 is 7.68. The van der Waals surface area contributed by atoms with Crippen molar-refractivity contribution in [2.75, 3.05) is 0 Å². The Bertz CT molecular complexity index is 1060. The summed E-state index contributed by atoms with van der Waals surface area (Å²) < 4.78 is 14.5. The number of carboxylic acid groups (broad SMARTS) is 1. The summed E-state index contributed by atoms with van der Waals surface area (Å²) in [5.74, 6) is -1.21. The number of aliphatic hydroxyl groups excluding tert-OH is 1. The summed E-state index contributed by atoms with van der Waals surface area (Å²) in [5, 5.41) is 21.0. The van der Waals surface area contributed by atoms with Crippen molar-refractivity contribution in [2.45, 2.75) is 49.8 Å². The van der Waals surface area contributed by atoms with Gasteiger partial charge in [-0.3, -0.25) is 4.98 Å². The van der Waals surface area contributed by atoms with Crippen LogP contribution in [0.15, 0.2) is 48.8 Å². The van der Waals surface area contributed by atoms with E-state index in [9.17, 15) is 14.3 Å². The zero-order chi connectivity index (χ0) is 22.0. The predicted molar refractivity (Wildman–Crippen MR) is 122 cm³/mol. The standard InChI is InChI=1S/C24H25ClFNO3S/c25-21-18(8-5-14-4-6-16-13-27-11-10-15(16)12-14)19(23(28)22(21)26)3-1-2-17-7-9-20(31-17)24(29)30/h4,6-7,9-13,18-19,21-23,28H,1-3,5,8H2,(H,29,30)/t18-,19-,21?,22?,23?/m1/s1. The third-order valence-corrected chi connectivity index (χ3v) is 8.03. The van der Waals surface area contributed by atoms with Gasteiger partial charge in [-0.1, -0.05) is 18.2 Å². The zero-order valence-electron chi connectivity index (χ0n) is 17.0. The molecule has 4 rings (SSSR count). The van der Waals surface area contributed by atoms with E-state index in [1.165, 1.54) is 11.3 Å². The molecule has 1 saturated carbocycles. The van der Waals surface area contributed by atoms with E-state index < -0.39 is 23.6 Å². The molecule has 1 fully saturated rings. The first-order chi connectivity index (χ1) is 14.9. The summed E-state index contributed by atoms with van der Waals surface area (Å²) in [4.78, 5) is 16.5. The number of benzene rings is 1. The van der Waals surface area contributed by atoms with Gasteiger partial charge in [-0.2, -0.15) is 0 Å². The van der Waals surface area contributed by atoms with Crippen LogP contribution in [0.1, 0.15) is 39.4 Å². The van der Waals surface area contributed by atoms with Crippen LogP contribution in [0.5, 0.6) is 0 Å². The van der Waals surface area contributed by atoms with E-state index in [1.807, 2.05) is 24.4 Å². The van der Waals surface area contributed by atoms with E-state index in [4.69, 9.17) is 16.7 Å². The second-order valence-corrected chi connectivity index (χ2v) is 9.94. The van der Waals surface area contributed by atoms with Gasteiger partial charge < -0.3 is 10.2 Å². The minimum atomic E-state index is -1.42. The second kappa shape index (κ2) is 9.63. The van der Waals surface area contributed by atoms with Gasteiger partial charge in [-0.05, 0) is 73.1 Å². The smallest absolute Gasteiger partial charge is 0.345 e. The number of rotatable bonds is 8. The maximum Gasteiger partial charge on any atom is 0.345 e. The summed E-state index contributed by atoms with van der Waals surface area (Å²) in [6, 6.07) is 11.7. The van der Waals surface area contributed by atoms with E-state index in [-0.39, 0.29) is 11.8 Å². The molecule has 0 amide bonds. The molecular formula is C24H25ClFNO3S. The average molecular weight is 462 g/mol. The molecule has 3 aromatic rings. The van der Waals surface area contributed by atoms with Crippen LogP contribution in [0.4, 0.5) is 4.39 Å². The zero-order valence-corrected chi connectivity index (χ0v) is 18.5. The van der Waals surface area contributed by atoms with Crippen LogP contribution in [0, 0.1) is 11.8 Å². The Hall–Kier alpha value is -2.02. The van der Waals surface area contributed by atoms with Gasteiger partial charge in [-0.25, -0.2) is 9.18 Å². The van der Waals surface area contributed by atoms with Crippen LogP contribution in [-0.2, 0) is 12.8 Å². The molecule has 1 aromatic carbocycles. The summed E-state index contributed by atoms with van der Waals surface area (Å²) in [6.45, 7) is 0. The van der Waals surface area contributed by atoms with E-state index in [1.54, 1.807) is 12.3 Å². The van der Waals surface area contributed by atoms with Crippen molar-refractivity contribution >= 4 is 39.7 Å². The number of alkyl halides is 2. The molecule has 7 heteroatoms. The van der Waals surface area contributed by atoms with E-state index >= 15 is 0 Å². The third kappa shape index (κ3) is 4.92. The Morgan fingerprint density at radius 3 is 2.71 bits per heavy atom. The highest BCUT2D eigenvalue weighted by Gasteiger charge is 2.48. The number of nitrogens with zero attached hydrogens (tertiary/aromatic N) is 1. The van der Waals surface area contributed by atoms with Gasteiger partial charge in [0.1, 0.15) is 11.0 Å². The molecule has 5 atom stereocenters. The molecule has 2 N–H and O–H groups in total. The number of pyridine rings is 1. The number of fused-ring (bicyclic) bond motifs is 1. The van der Waals surface area contributed by atoms with Gasteiger partial charge in [0.15, 0.2) is 0 Å². The van der Waals surface area contributed by atoms with Crippen LogP contribution in [-0.4, -0.2) is 38.8 Å². The molecule has 0 radical (unpaired) electrons. The number of aryl methyl sites for hydroxylation is 2. The first-order valence-electron chi connectivity index (χ1n) is 10.5. The van der Waals surface area contributed by atoms with Gasteiger partial charge in [0.2, 0.25) is 0 Å². The highest BCUT2D eigenvalue weighted by molar-refractivity contribution is 7.13. The number of hydrogen-bond acceptors (Lipinski definition) is 4. The van der Waals surface area contributed by atoms with Crippen molar-refractivity contribution in [3.05, 3.63) is 64.1 Å². The lowest BCUT2D eigenvalue weighted by molar-refractivity contribution is 0.0596. The number of carboxylic acids is 1. The molecule has 0 bridgehead atoms. The van der Waals surface area contributed by atoms with E-state index in [0.717, 1.165) is 46.9 Å². The molecule has 1 aliphatic rings. The molecule has 0 saturated heterocycles. The molecule has 4 nitrogen and oxygen atoms in total. The quantitative estimate of drug-likeness (QED) is 0.434. The fourth-order valence-electron chi connectivity index (χ4n) is 4.67. The van der Waals surface area contributed by atoms with Crippen molar-refractivity contribution in [2.24, 2.45) is 11.8 Å². The van der Waals surface area contributed by atoms with Crippen molar-refractivity contribution < 1.29 is 19.4 Å². The Balaban J connectivity index is 1.38. The van der Waals surface area contributed by atoms with Crippen molar-refractivity contribution in [3.8, 4) is 0 Å². The number of aliphatic hydroxyl groups is 1. The van der Waals surface area contributed by atoms with Crippen LogP contribution < -0.4 is 0 Å². The molecule has 0 aliphatic heterocycles. The van der Waals surface area contributed by atoms with Crippen molar-refractivity contribution in [1.29, 1.82) is 0 Å². The average Bonchev–Trinajstić information content (AvgIpc) is 3.32. The van der Waals surface area contributed by atoms with Crippen LogP contribution >= 0.6 is 22.9 Å². The summed E-state index contributed by atoms with van der Waals surface area (Å²) in [5.41, 5.74) is 1.16. The van der Waals surface area contributed by atoms with Crippen molar-refractivity contribution in [3.63, 3.8) is 0 Å². The Kier molecular flexibility index (Phi) is 6.89. The topological polar surface area (TPSA) is 70.4 Å². The predicted octanol–water partition coefficient (Wildman–Crippen LogP) is 5.50. The highest BCUT2D eigenvalue weighted by Crippen LogP contribution is 2.43. The maximum atomic E-state index is 14.5. The van der Waals surface area contributed by atoms with E-state index in [2.05, 4.69) is 17.1 Å². The van der Waals surface area contributed by atoms with Crippen LogP contribution in [0.25, 0.3) is 10.8 Å². The first kappa shape index (κ1) is 22.2. The van der Waals surface area contributed by atoms with Crippen molar-refractivity contribution in [1.82, 2.24) is 4.98 Å². The number of aromatic carboxylic acids is 1. The summed E-state index contributed by atoms with van der Waals surface area (Å²) in [7, 11) is 0. The first-order valence-corrected chi connectivity index (χ1v) is 11.8. The van der Waals surface area contributed by atoms with Gasteiger partial charge in [0, 0.05) is 22.7 Å². The SMILES string of the molecule is O=C(O)c1ccc(CCC[C@H]2C(O)C(F)C(Cl)[C@@H]2CCc2ccc3cnccc3c2)s1. The number of halogens is 2. The molecule has 31 heavy (non-hydrogen) atoms. The fraction of sp³-hybridized carbons (Fsp3) is 0.417. The second-order valence-electron chi connectivity index (χ2n) is 8.27. The summed E-state index contributed by atoms with van der Waals surface area (Å²) in [6.07, 6.45) is 4.77. The lowest BCUT2D eigenvalue weighted by atomic mass is 9.85. The minimum absolute atomic E-state index is 0.0993. The van der Waals surface area contributed by atoms with Crippen LogP contribution in [0.3, 0.4) is 0 Å². The van der Waals surface area contributed by atoms with Gasteiger partial charge in [-0.15, -0.1) is 22.9 Å². The molecule has 2 heterocycles. The molecular weight excluding hydrogens is 437 g/mol. The lowest BCUT2D eigenvalue weighted by Gasteiger charge is -2.23. The Labute approximate surface area is 189 Å². The Morgan fingerprint density at radius 1 is 1.10 bits per heavy atom. The van der Waals surface area contributed by atoms with Crippen LogP contribution in [0.2, 0.25) is 0 Å². The van der Waals surface area contributed by atoms with Gasteiger partial charge >= 0.3 is 5.97 Å². The lowest BCUT2D eigenvalue weighted by Crippen LogP contribution is -2.24. The monoisotopic (exact) mass is 461 g/mol. The third-order valence-electron chi connectivity index (χ3n) is 6.33. The normalized spacial score (nSPS) is 25.8. The maximum absolute atomic E-state index is 14.5. The number of hydrogen-bond donors (Lipinski definition) is 2. The minimum Gasteiger partial charge on any atom is -0.477 e. The number of thiophene rings is 1. The highest BCUT2D eigenvalue weighted by atomic mass is 35.5. The van der Waals surface area contributed by atoms with Gasteiger partial charge in [0.25, 0.3) is 0 Å². The van der Waals surface area contributed by atoms with Gasteiger partial charge in [0.05, 0.1) is 11.5 Å². The molecule has 2 aromatic heterocycles. The molecule has 3 unspecified atom stereocenters. The molecule has 164 valence electrons.